The summed E-state index contributed by atoms with van der Waals surface area (Å²) in [6.07, 6.45) is 1.01. The molecule has 0 amide bonds. The van der Waals surface area contributed by atoms with Gasteiger partial charge in [-0.25, -0.2) is 0 Å². The molecule has 88 valence electrons. The van der Waals surface area contributed by atoms with E-state index in [-0.39, 0.29) is 0 Å². The zero-order valence-corrected chi connectivity index (χ0v) is 8.80. The van der Waals surface area contributed by atoms with E-state index in [0.717, 1.165) is 24.1 Å². The first kappa shape index (κ1) is 12.8. The molecule has 0 saturated carbocycles. The van der Waals surface area contributed by atoms with E-state index in [1.54, 1.807) is 0 Å². The van der Waals surface area contributed by atoms with Crippen LogP contribution in [0.15, 0.2) is 36.4 Å². The Morgan fingerprint density at radius 1 is 1.06 bits per heavy atom. The molecule has 0 heterocycles. The summed E-state index contributed by atoms with van der Waals surface area (Å²) in [6.45, 7) is 0.587. The Bertz CT molecular complexity index is 338. The van der Waals surface area contributed by atoms with Gasteiger partial charge in [0.25, 0.3) is 0 Å². The van der Waals surface area contributed by atoms with Gasteiger partial charge >= 0.3 is 6.18 Å². The summed E-state index contributed by atoms with van der Waals surface area (Å²) in [5, 5.41) is 0. The van der Waals surface area contributed by atoms with Gasteiger partial charge in [0.2, 0.25) is 0 Å². The SMILES string of the molecule is NCCC=CCc1ccc(C(F)(F)F)cc1. The molecular weight excluding hydrogens is 215 g/mol. The minimum Gasteiger partial charge on any atom is -0.330 e. The number of nitrogens with two attached hydrogens (primary N) is 1. The Balaban J connectivity index is 2.58. The molecule has 1 aromatic carbocycles. The van der Waals surface area contributed by atoms with Crippen molar-refractivity contribution in [1.29, 1.82) is 0 Å². The topological polar surface area (TPSA) is 26.0 Å². The maximum Gasteiger partial charge on any atom is 0.416 e. The van der Waals surface area contributed by atoms with Crippen LogP contribution >= 0.6 is 0 Å². The zero-order valence-electron chi connectivity index (χ0n) is 8.80. The minimum atomic E-state index is -4.26. The van der Waals surface area contributed by atoms with Crippen LogP contribution in [0.4, 0.5) is 13.2 Å². The van der Waals surface area contributed by atoms with E-state index >= 15 is 0 Å². The fourth-order valence-corrected chi connectivity index (χ4v) is 1.26. The van der Waals surface area contributed by atoms with Crippen molar-refractivity contribution < 1.29 is 13.2 Å². The van der Waals surface area contributed by atoms with Crippen LogP contribution in [-0.2, 0) is 12.6 Å². The lowest BCUT2D eigenvalue weighted by Gasteiger charge is -2.06. The van der Waals surface area contributed by atoms with E-state index in [1.807, 2.05) is 12.2 Å². The molecule has 0 radical (unpaired) electrons. The second-order valence-corrected chi connectivity index (χ2v) is 3.45. The molecule has 1 aromatic rings. The van der Waals surface area contributed by atoms with E-state index in [2.05, 4.69) is 0 Å². The van der Waals surface area contributed by atoms with Crippen LogP contribution in [0.5, 0.6) is 0 Å². The molecule has 2 N–H and O–H groups in total. The molecule has 0 spiro atoms. The van der Waals surface area contributed by atoms with Crippen LogP contribution in [0, 0.1) is 0 Å². The number of allylic oxidation sites excluding steroid dienone is 1. The van der Waals surface area contributed by atoms with E-state index in [1.165, 1.54) is 12.1 Å². The largest absolute Gasteiger partial charge is 0.416 e. The Kier molecular flexibility index (Phi) is 4.55. The fourth-order valence-electron chi connectivity index (χ4n) is 1.26. The van der Waals surface area contributed by atoms with Gasteiger partial charge in [0, 0.05) is 0 Å². The van der Waals surface area contributed by atoms with Gasteiger partial charge in [-0.2, -0.15) is 13.2 Å². The first-order chi connectivity index (χ1) is 7.54. The van der Waals surface area contributed by atoms with Crippen LogP contribution in [0.25, 0.3) is 0 Å². The van der Waals surface area contributed by atoms with Crippen molar-refractivity contribution >= 4 is 0 Å². The van der Waals surface area contributed by atoms with Gasteiger partial charge in [-0.05, 0) is 37.1 Å². The van der Waals surface area contributed by atoms with Crippen LogP contribution in [0.2, 0.25) is 0 Å². The molecule has 0 saturated heterocycles. The summed E-state index contributed by atoms with van der Waals surface area (Å²) in [7, 11) is 0. The Labute approximate surface area is 92.8 Å². The second-order valence-electron chi connectivity index (χ2n) is 3.45. The van der Waals surface area contributed by atoms with Gasteiger partial charge in [-0.15, -0.1) is 0 Å². The first-order valence-electron chi connectivity index (χ1n) is 5.05. The highest BCUT2D eigenvalue weighted by Gasteiger charge is 2.29. The third kappa shape index (κ3) is 4.06. The van der Waals surface area contributed by atoms with E-state index < -0.39 is 11.7 Å². The van der Waals surface area contributed by atoms with Crippen molar-refractivity contribution in [1.82, 2.24) is 0 Å². The third-order valence-corrected chi connectivity index (χ3v) is 2.13. The van der Waals surface area contributed by atoms with Gasteiger partial charge in [-0.3, -0.25) is 0 Å². The van der Waals surface area contributed by atoms with E-state index in [0.29, 0.717) is 13.0 Å². The van der Waals surface area contributed by atoms with Crippen molar-refractivity contribution in [2.24, 2.45) is 5.73 Å². The van der Waals surface area contributed by atoms with Crippen LogP contribution < -0.4 is 5.73 Å². The van der Waals surface area contributed by atoms with Crippen LogP contribution in [-0.4, -0.2) is 6.54 Å². The summed E-state index contributed by atoms with van der Waals surface area (Å²) in [5.41, 5.74) is 5.55. The van der Waals surface area contributed by atoms with Crippen molar-refractivity contribution in [2.45, 2.75) is 19.0 Å². The molecule has 0 aromatic heterocycles. The first-order valence-corrected chi connectivity index (χ1v) is 5.05. The number of hydrogen-bond acceptors (Lipinski definition) is 1. The van der Waals surface area contributed by atoms with E-state index in [9.17, 15) is 13.2 Å². The van der Waals surface area contributed by atoms with Crippen molar-refractivity contribution in [3.8, 4) is 0 Å². The monoisotopic (exact) mass is 229 g/mol. The fraction of sp³-hybridized carbons (Fsp3) is 0.333. The van der Waals surface area contributed by atoms with E-state index in [4.69, 9.17) is 5.73 Å². The number of halogens is 3. The Hall–Kier alpha value is -1.29. The molecule has 0 fully saturated rings. The Morgan fingerprint density at radius 2 is 1.69 bits per heavy atom. The van der Waals surface area contributed by atoms with Gasteiger partial charge in [-0.1, -0.05) is 24.3 Å². The summed E-state index contributed by atoms with van der Waals surface area (Å²) >= 11 is 0. The Morgan fingerprint density at radius 3 is 2.19 bits per heavy atom. The molecule has 0 bridgehead atoms. The number of rotatable bonds is 4. The third-order valence-electron chi connectivity index (χ3n) is 2.13. The lowest BCUT2D eigenvalue weighted by molar-refractivity contribution is -0.137. The highest BCUT2D eigenvalue weighted by Crippen LogP contribution is 2.29. The van der Waals surface area contributed by atoms with Crippen LogP contribution in [0.3, 0.4) is 0 Å². The molecule has 1 nitrogen and oxygen atoms in total. The van der Waals surface area contributed by atoms with Gasteiger partial charge in [0.1, 0.15) is 0 Å². The average Bonchev–Trinajstić information content (AvgIpc) is 2.24. The maximum atomic E-state index is 12.2. The van der Waals surface area contributed by atoms with Crippen molar-refractivity contribution in [3.05, 3.63) is 47.5 Å². The number of hydrogen-bond donors (Lipinski definition) is 1. The summed E-state index contributed by atoms with van der Waals surface area (Å²) < 4.78 is 36.7. The molecule has 1 rings (SSSR count). The summed E-state index contributed by atoms with van der Waals surface area (Å²) in [6, 6.07) is 5.20. The molecule has 4 heteroatoms. The molecule has 16 heavy (non-hydrogen) atoms. The minimum absolute atomic E-state index is 0.587. The molecule has 0 aliphatic carbocycles. The molecule has 0 unspecified atom stereocenters. The van der Waals surface area contributed by atoms with Crippen molar-refractivity contribution in [3.63, 3.8) is 0 Å². The van der Waals surface area contributed by atoms with Crippen molar-refractivity contribution in [2.75, 3.05) is 6.54 Å². The van der Waals surface area contributed by atoms with Gasteiger partial charge in [0.15, 0.2) is 0 Å². The summed E-state index contributed by atoms with van der Waals surface area (Å²) in [4.78, 5) is 0. The predicted octanol–water partition coefficient (Wildman–Crippen LogP) is 3.15. The smallest absolute Gasteiger partial charge is 0.330 e. The van der Waals surface area contributed by atoms with Gasteiger partial charge < -0.3 is 5.73 Å². The standard InChI is InChI=1S/C12H14F3N/c13-12(14,15)11-7-5-10(6-8-11)4-2-1-3-9-16/h1-2,5-8H,3-4,9,16H2. The summed E-state index contributed by atoms with van der Waals surface area (Å²) in [5.74, 6) is 0. The predicted molar refractivity (Wildman–Crippen MR) is 58.0 cm³/mol. The van der Waals surface area contributed by atoms with Crippen LogP contribution in [0.1, 0.15) is 17.5 Å². The lowest BCUT2D eigenvalue weighted by atomic mass is 10.1. The zero-order chi connectivity index (χ0) is 12.0. The maximum absolute atomic E-state index is 12.2. The quantitative estimate of drug-likeness (QED) is 0.788. The molecular formula is C12H14F3N. The number of benzene rings is 1. The highest BCUT2D eigenvalue weighted by atomic mass is 19.4. The normalized spacial score (nSPS) is 12.2. The number of alkyl halides is 3. The second kappa shape index (κ2) is 5.70. The van der Waals surface area contributed by atoms with Gasteiger partial charge in [0.05, 0.1) is 5.56 Å². The lowest BCUT2D eigenvalue weighted by Crippen LogP contribution is -2.04. The molecule has 0 atom stereocenters. The average molecular weight is 229 g/mol. The molecule has 0 aliphatic heterocycles. The molecule has 0 aliphatic rings. The highest BCUT2D eigenvalue weighted by molar-refractivity contribution is 5.25.